The van der Waals surface area contributed by atoms with Crippen LogP contribution in [0.4, 0.5) is 5.69 Å². The molecule has 42 valence electrons. The van der Waals surface area contributed by atoms with Crippen LogP contribution in [0.15, 0.2) is 17.2 Å². The first kappa shape index (κ1) is 4.83. The van der Waals surface area contributed by atoms with Crippen LogP contribution in [0.3, 0.4) is 0 Å². The van der Waals surface area contributed by atoms with E-state index in [-0.39, 0.29) is 11.1 Å². The van der Waals surface area contributed by atoms with E-state index in [1.807, 2.05) is 0 Å². The maximum Gasteiger partial charge on any atom is 0.222 e. The zero-order valence-electron chi connectivity index (χ0n) is 4.09. The molecule has 0 bridgehead atoms. The number of nitrogen functional groups attached to an aromatic ring is 1. The molecule has 4 heteroatoms. The van der Waals surface area contributed by atoms with E-state index in [2.05, 4.69) is 10.2 Å². The molecule has 0 aliphatic heterocycles. The van der Waals surface area contributed by atoms with Gasteiger partial charge in [-0.2, -0.15) is 5.10 Å². The first-order valence-corrected chi connectivity index (χ1v) is 2.09. The lowest BCUT2D eigenvalue weighted by Crippen LogP contribution is -2.07. The van der Waals surface area contributed by atoms with Crippen molar-refractivity contribution in [2.45, 2.75) is 0 Å². The molecule has 3 N–H and O–H groups in total. The molecule has 8 heavy (non-hydrogen) atoms. The Bertz CT molecular complexity index is 229. The maximum atomic E-state index is 10.4. The number of anilines is 1. The molecular formula is C4H5N3O. The number of H-pyrrole nitrogens is 1. The third-order valence-electron chi connectivity index (χ3n) is 0.761. The van der Waals surface area contributed by atoms with Gasteiger partial charge in [-0.1, -0.05) is 0 Å². The zero-order valence-corrected chi connectivity index (χ0v) is 4.09. The minimum atomic E-state index is -0.247. The van der Waals surface area contributed by atoms with Gasteiger partial charge < -0.3 is 5.73 Å². The van der Waals surface area contributed by atoms with Crippen LogP contribution in [0, 0.1) is 0 Å². The van der Waals surface area contributed by atoms with Gasteiger partial charge in [0.15, 0.2) is 0 Å². The second kappa shape index (κ2) is 1.65. The Hall–Kier alpha value is -1.32. The average molecular weight is 111 g/mol. The molecule has 0 spiro atoms. The van der Waals surface area contributed by atoms with Crippen molar-refractivity contribution < 1.29 is 0 Å². The minimum absolute atomic E-state index is 0.194. The van der Waals surface area contributed by atoms with Crippen molar-refractivity contribution in [1.29, 1.82) is 0 Å². The molecule has 0 aliphatic rings. The standard InChI is InChI=1S/C4H5N3O/c5-3-1-6-7-2-4(3)8/h1-2H,(H2,5,7)(H,6,8). The maximum absolute atomic E-state index is 10.4. The number of nitrogens with one attached hydrogen (secondary N) is 1. The van der Waals surface area contributed by atoms with Crippen LogP contribution in [0.1, 0.15) is 0 Å². The summed E-state index contributed by atoms with van der Waals surface area (Å²) in [6.45, 7) is 0. The molecule has 0 fully saturated rings. The Balaban J connectivity index is 3.35. The lowest BCUT2D eigenvalue weighted by atomic mass is 10.5. The Morgan fingerprint density at radius 1 is 1.75 bits per heavy atom. The van der Waals surface area contributed by atoms with Gasteiger partial charge in [0.05, 0.1) is 11.9 Å². The highest BCUT2D eigenvalue weighted by molar-refractivity contribution is 5.31. The molecule has 0 unspecified atom stereocenters. The van der Waals surface area contributed by atoms with Gasteiger partial charge in [-0.05, 0) is 0 Å². The van der Waals surface area contributed by atoms with Gasteiger partial charge in [0.2, 0.25) is 5.43 Å². The average Bonchev–Trinajstić information content (AvgIpc) is 1.77. The van der Waals surface area contributed by atoms with Crippen molar-refractivity contribution in [3.05, 3.63) is 22.6 Å². The van der Waals surface area contributed by atoms with E-state index in [9.17, 15) is 4.79 Å². The smallest absolute Gasteiger partial charge is 0.222 e. The van der Waals surface area contributed by atoms with Gasteiger partial charge in [-0.3, -0.25) is 9.89 Å². The fourth-order valence-corrected chi connectivity index (χ4v) is 0.348. The van der Waals surface area contributed by atoms with E-state index in [1.165, 1.54) is 6.20 Å². The van der Waals surface area contributed by atoms with E-state index in [0.29, 0.717) is 0 Å². The van der Waals surface area contributed by atoms with Gasteiger partial charge in [-0.15, -0.1) is 0 Å². The van der Waals surface area contributed by atoms with E-state index >= 15 is 0 Å². The first-order valence-electron chi connectivity index (χ1n) is 2.09. The number of nitrogens with two attached hydrogens (primary N) is 1. The summed E-state index contributed by atoms with van der Waals surface area (Å²) in [6.07, 6.45) is 2.48. The summed E-state index contributed by atoms with van der Waals surface area (Å²) >= 11 is 0. The zero-order chi connectivity index (χ0) is 5.98. The number of aromatic amines is 1. The largest absolute Gasteiger partial charge is 0.394 e. The molecule has 1 aromatic heterocycles. The summed E-state index contributed by atoms with van der Waals surface area (Å²) in [7, 11) is 0. The molecule has 0 aliphatic carbocycles. The quantitative estimate of drug-likeness (QED) is 0.467. The molecule has 0 aromatic carbocycles. The van der Waals surface area contributed by atoms with E-state index in [4.69, 9.17) is 5.73 Å². The van der Waals surface area contributed by atoms with Crippen LogP contribution in [-0.4, -0.2) is 10.2 Å². The number of nitrogens with zero attached hydrogens (tertiary/aromatic N) is 1. The summed E-state index contributed by atoms with van der Waals surface area (Å²) in [4.78, 5) is 10.4. The Morgan fingerprint density at radius 2 is 2.50 bits per heavy atom. The number of hydrogen-bond acceptors (Lipinski definition) is 3. The lowest BCUT2D eigenvalue weighted by Gasteiger charge is -1.83. The summed E-state index contributed by atoms with van der Waals surface area (Å²) < 4.78 is 0. The Morgan fingerprint density at radius 3 is 2.88 bits per heavy atom. The highest BCUT2D eigenvalue weighted by atomic mass is 16.1. The van der Waals surface area contributed by atoms with E-state index < -0.39 is 0 Å². The summed E-state index contributed by atoms with van der Waals surface area (Å²) in [5.74, 6) is 0. The van der Waals surface area contributed by atoms with Crippen LogP contribution in [0.25, 0.3) is 0 Å². The molecule has 0 saturated carbocycles. The van der Waals surface area contributed by atoms with E-state index in [1.54, 1.807) is 0 Å². The molecule has 0 amide bonds. The molecule has 0 atom stereocenters. The highest BCUT2D eigenvalue weighted by Gasteiger charge is 1.85. The second-order valence-corrected chi connectivity index (χ2v) is 1.35. The third-order valence-corrected chi connectivity index (χ3v) is 0.761. The van der Waals surface area contributed by atoms with Gasteiger partial charge in [0.25, 0.3) is 0 Å². The van der Waals surface area contributed by atoms with Crippen LogP contribution >= 0.6 is 0 Å². The summed E-state index contributed by atoms with van der Waals surface area (Å²) in [6, 6.07) is 0. The molecule has 1 aromatic rings. The van der Waals surface area contributed by atoms with Crippen molar-refractivity contribution in [2.24, 2.45) is 0 Å². The number of rotatable bonds is 0. The minimum Gasteiger partial charge on any atom is -0.394 e. The van der Waals surface area contributed by atoms with Gasteiger partial charge in [0.1, 0.15) is 0 Å². The molecular weight excluding hydrogens is 106 g/mol. The van der Waals surface area contributed by atoms with E-state index in [0.717, 1.165) is 6.20 Å². The van der Waals surface area contributed by atoms with Crippen LogP contribution < -0.4 is 11.2 Å². The SMILES string of the molecule is Nc1c[nH]ncc1=O. The van der Waals surface area contributed by atoms with Crippen LogP contribution in [0.5, 0.6) is 0 Å². The Labute approximate surface area is 45.3 Å². The highest BCUT2D eigenvalue weighted by Crippen LogP contribution is 1.79. The lowest BCUT2D eigenvalue weighted by molar-refractivity contribution is 1.02. The predicted molar refractivity (Wildman–Crippen MR) is 29.3 cm³/mol. The van der Waals surface area contributed by atoms with Crippen molar-refractivity contribution >= 4 is 5.69 Å². The molecule has 4 nitrogen and oxygen atoms in total. The fourth-order valence-electron chi connectivity index (χ4n) is 0.348. The van der Waals surface area contributed by atoms with Crippen molar-refractivity contribution in [3.8, 4) is 0 Å². The number of hydrogen-bond donors (Lipinski definition) is 2. The monoisotopic (exact) mass is 111 g/mol. The number of aromatic nitrogens is 2. The molecule has 0 saturated heterocycles. The van der Waals surface area contributed by atoms with Gasteiger partial charge >= 0.3 is 0 Å². The summed E-state index contributed by atoms with van der Waals surface area (Å²) in [5, 5.41) is 5.85. The first-order chi connectivity index (χ1) is 3.80. The normalized spacial score (nSPS) is 9.00. The van der Waals surface area contributed by atoms with Gasteiger partial charge in [-0.25, -0.2) is 0 Å². The second-order valence-electron chi connectivity index (χ2n) is 1.35. The van der Waals surface area contributed by atoms with Crippen LogP contribution in [-0.2, 0) is 0 Å². The summed E-state index contributed by atoms with van der Waals surface area (Å²) in [5.41, 5.74) is 5.08. The van der Waals surface area contributed by atoms with Crippen molar-refractivity contribution in [3.63, 3.8) is 0 Å². The van der Waals surface area contributed by atoms with Gasteiger partial charge in [0, 0.05) is 6.20 Å². The molecule has 1 heterocycles. The van der Waals surface area contributed by atoms with Crippen LogP contribution in [0.2, 0.25) is 0 Å². The fraction of sp³-hybridized carbons (Fsp3) is 0. The Kier molecular flexibility index (Phi) is 0.997. The molecule has 0 radical (unpaired) electrons. The topological polar surface area (TPSA) is 71.8 Å². The van der Waals surface area contributed by atoms with Crippen molar-refractivity contribution in [2.75, 3.05) is 5.73 Å². The van der Waals surface area contributed by atoms with Crippen molar-refractivity contribution in [1.82, 2.24) is 10.2 Å². The molecule has 1 rings (SSSR count). The predicted octanol–water partition coefficient (Wildman–Crippen LogP) is -0.648. The third kappa shape index (κ3) is 0.676.